The van der Waals surface area contributed by atoms with Crippen LogP contribution in [0.4, 0.5) is 0 Å². The molecular formula is C16H32O5S. The number of rotatable bonds is 14. The zero-order valence-corrected chi connectivity index (χ0v) is 14.8. The second-order valence-electron chi connectivity index (χ2n) is 5.96. The van der Waals surface area contributed by atoms with Gasteiger partial charge in [0.1, 0.15) is 0 Å². The molecule has 0 fully saturated rings. The SMILES string of the molecule is CCCCCCCCCCCC(=O)C(C(O)CC)S(=O)(=O)O. The fraction of sp³-hybridized carbons (Fsp3) is 0.938. The smallest absolute Gasteiger partial charge is 0.277 e. The Morgan fingerprint density at radius 1 is 0.909 bits per heavy atom. The molecule has 0 aromatic carbocycles. The van der Waals surface area contributed by atoms with Crippen molar-refractivity contribution in [2.24, 2.45) is 0 Å². The van der Waals surface area contributed by atoms with Gasteiger partial charge in [-0.15, -0.1) is 0 Å². The van der Waals surface area contributed by atoms with Gasteiger partial charge in [-0.05, 0) is 12.8 Å². The normalized spacial score (nSPS) is 14.7. The van der Waals surface area contributed by atoms with Gasteiger partial charge in [-0.25, -0.2) is 0 Å². The first-order valence-electron chi connectivity index (χ1n) is 8.51. The molecule has 0 aromatic heterocycles. The van der Waals surface area contributed by atoms with E-state index in [1.54, 1.807) is 6.92 Å². The monoisotopic (exact) mass is 336 g/mol. The first kappa shape index (κ1) is 21.5. The number of unbranched alkanes of at least 4 members (excludes halogenated alkanes) is 8. The minimum absolute atomic E-state index is 0.0946. The summed E-state index contributed by atoms with van der Waals surface area (Å²) in [6.07, 6.45) is 8.79. The summed E-state index contributed by atoms with van der Waals surface area (Å²) in [6.45, 7) is 3.76. The van der Waals surface area contributed by atoms with Crippen LogP contribution in [0.15, 0.2) is 0 Å². The molecule has 0 aliphatic carbocycles. The van der Waals surface area contributed by atoms with Gasteiger partial charge in [0, 0.05) is 6.42 Å². The Balaban J connectivity index is 3.92. The summed E-state index contributed by atoms with van der Waals surface area (Å²) < 4.78 is 31.5. The van der Waals surface area contributed by atoms with Crippen molar-refractivity contribution in [1.29, 1.82) is 0 Å². The highest BCUT2D eigenvalue weighted by Gasteiger charge is 2.36. The molecule has 2 atom stereocenters. The van der Waals surface area contributed by atoms with Gasteiger partial charge in [0.05, 0.1) is 6.10 Å². The molecule has 0 saturated heterocycles. The molecule has 2 unspecified atom stereocenters. The minimum atomic E-state index is -4.54. The van der Waals surface area contributed by atoms with Crippen molar-refractivity contribution in [3.8, 4) is 0 Å². The lowest BCUT2D eigenvalue weighted by atomic mass is 10.0. The quantitative estimate of drug-likeness (QED) is 0.374. The number of carbonyl (C=O) groups excluding carboxylic acids is 1. The fourth-order valence-electron chi connectivity index (χ4n) is 2.55. The average molecular weight is 336 g/mol. The van der Waals surface area contributed by atoms with Crippen LogP contribution in [-0.4, -0.2) is 35.2 Å². The van der Waals surface area contributed by atoms with Crippen LogP contribution in [0.2, 0.25) is 0 Å². The number of carbonyl (C=O) groups is 1. The molecule has 0 radical (unpaired) electrons. The summed E-state index contributed by atoms with van der Waals surface area (Å²) in [4.78, 5) is 11.9. The number of Topliss-reactive ketones (excluding diaryl/α,β-unsaturated/α-hetero) is 1. The molecule has 0 rings (SSSR count). The van der Waals surface area contributed by atoms with E-state index in [1.807, 2.05) is 0 Å². The van der Waals surface area contributed by atoms with Crippen LogP contribution in [0.5, 0.6) is 0 Å². The van der Waals surface area contributed by atoms with Gasteiger partial charge >= 0.3 is 0 Å². The Morgan fingerprint density at radius 3 is 1.77 bits per heavy atom. The van der Waals surface area contributed by atoms with Crippen molar-refractivity contribution >= 4 is 15.9 Å². The lowest BCUT2D eigenvalue weighted by Gasteiger charge is -2.17. The zero-order chi connectivity index (χ0) is 17.0. The third-order valence-corrected chi connectivity index (χ3v) is 5.15. The molecule has 0 heterocycles. The van der Waals surface area contributed by atoms with Crippen molar-refractivity contribution in [1.82, 2.24) is 0 Å². The standard InChI is InChI=1S/C16H32O5S/c1-3-5-6-7-8-9-10-11-12-13-15(18)16(14(17)4-2)22(19,20)21/h14,16-17H,3-13H2,1-2H3,(H,19,20,21). The maximum Gasteiger partial charge on any atom is 0.277 e. The third-order valence-electron chi connectivity index (χ3n) is 3.93. The lowest BCUT2D eigenvalue weighted by Crippen LogP contribution is -2.40. The van der Waals surface area contributed by atoms with E-state index in [9.17, 15) is 18.3 Å². The largest absolute Gasteiger partial charge is 0.391 e. The van der Waals surface area contributed by atoms with Crippen molar-refractivity contribution in [3.05, 3.63) is 0 Å². The first-order chi connectivity index (χ1) is 10.3. The van der Waals surface area contributed by atoms with E-state index in [0.717, 1.165) is 19.3 Å². The predicted octanol–water partition coefficient (Wildman–Crippen LogP) is 3.50. The maximum absolute atomic E-state index is 11.9. The third kappa shape index (κ3) is 9.54. The minimum Gasteiger partial charge on any atom is -0.391 e. The Bertz CT molecular complexity index is 391. The van der Waals surface area contributed by atoms with Crippen molar-refractivity contribution in [2.75, 3.05) is 0 Å². The van der Waals surface area contributed by atoms with Gasteiger partial charge < -0.3 is 5.11 Å². The molecule has 22 heavy (non-hydrogen) atoms. The van der Waals surface area contributed by atoms with Crippen LogP contribution < -0.4 is 0 Å². The molecule has 0 bridgehead atoms. The molecule has 2 N–H and O–H groups in total. The topological polar surface area (TPSA) is 91.7 Å². The molecule has 6 heteroatoms. The molecular weight excluding hydrogens is 304 g/mol. The predicted molar refractivity (Wildman–Crippen MR) is 88.5 cm³/mol. The number of aliphatic hydroxyl groups excluding tert-OH is 1. The summed E-state index contributed by atoms with van der Waals surface area (Å²) in [5.74, 6) is -0.584. The van der Waals surface area contributed by atoms with Gasteiger partial charge in [0.25, 0.3) is 10.1 Å². The molecule has 0 amide bonds. The molecule has 0 spiro atoms. The van der Waals surface area contributed by atoms with Crippen molar-refractivity contribution in [3.63, 3.8) is 0 Å². The molecule has 0 saturated carbocycles. The van der Waals surface area contributed by atoms with E-state index in [0.29, 0.717) is 6.42 Å². The van der Waals surface area contributed by atoms with Crippen LogP contribution in [0.1, 0.15) is 84.5 Å². The summed E-state index contributed by atoms with van der Waals surface area (Å²) in [6, 6.07) is 0. The van der Waals surface area contributed by atoms with Crippen LogP contribution in [0.3, 0.4) is 0 Å². The maximum atomic E-state index is 11.9. The molecule has 0 aliphatic rings. The van der Waals surface area contributed by atoms with Crippen LogP contribution >= 0.6 is 0 Å². The van der Waals surface area contributed by atoms with Crippen LogP contribution in [0.25, 0.3) is 0 Å². The molecule has 132 valence electrons. The van der Waals surface area contributed by atoms with Crippen LogP contribution in [-0.2, 0) is 14.9 Å². The molecule has 0 aliphatic heterocycles. The highest BCUT2D eigenvalue weighted by molar-refractivity contribution is 7.87. The van der Waals surface area contributed by atoms with E-state index in [-0.39, 0.29) is 12.8 Å². The van der Waals surface area contributed by atoms with Crippen molar-refractivity contribution in [2.45, 2.75) is 95.8 Å². The van der Waals surface area contributed by atoms with Gasteiger partial charge in [0.2, 0.25) is 0 Å². The number of aliphatic hydroxyl groups is 1. The van der Waals surface area contributed by atoms with Gasteiger partial charge in [-0.2, -0.15) is 8.42 Å². The Hall–Kier alpha value is -0.460. The highest BCUT2D eigenvalue weighted by Crippen LogP contribution is 2.15. The second-order valence-corrected chi connectivity index (χ2v) is 7.49. The second kappa shape index (κ2) is 12.0. The van der Waals surface area contributed by atoms with Gasteiger partial charge in [-0.1, -0.05) is 65.2 Å². The molecule has 0 aromatic rings. The van der Waals surface area contributed by atoms with Crippen LogP contribution in [0, 0.1) is 0 Å². The summed E-state index contributed by atoms with van der Waals surface area (Å²) in [5, 5.41) is 7.92. The van der Waals surface area contributed by atoms with E-state index >= 15 is 0 Å². The van der Waals surface area contributed by atoms with E-state index in [1.165, 1.54) is 32.1 Å². The summed E-state index contributed by atoms with van der Waals surface area (Å²) >= 11 is 0. The summed E-state index contributed by atoms with van der Waals surface area (Å²) in [7, 11) is -4.54. The van der Waals surface area contributed by atoms with Gasteiger partial charge in [0.15, 0.2) is 11.0 Å². The first-order valence-corrected chi connectivity index (χ1v) is 10.0. The summed E-state index contributed by atoms with van der Waals surface area (Å²) in [5.41, 5.74) is 0. The average Bonchev–Trinajstić information content (AvgIpc) is 2.44. The van der Waals surface area contributed by atoms with E-state index in [4.69, 9.17) is 4.55 Å². The lowest BCUT2D eigenvalue weighted by molar-refractivity contribution is -0.120. The highest BCUT2D eigenvalue weighted by atomic mass is 32.2. The Morgan fingerprint density at radius 2 is 1.36 bits per heavy atom. The molecule has 5 nitrogen and oxygen atoms in total. The zero-order valence-electron chi connectivity index (χ0n) is 14.0. The fourth-order valence-corrected chi connectivity index (χ4v) is 3.58. The Labute approximate surface area is 135 Å². The van der Waals surface area contributed by atoms with Crippen molar-refractivity contribution < 1.29 is 22.9 Å². The van der Waals surface area contributed by atoms with E-state index in [2.05, 4.69) is 6.92 Å². The van der Waals surface area contributed by atoms with Gasteiger partial charge in [-0.3, -0.25) is 9.35 Å². The number of ketones is 1. The number of hydrogen-bond donors (Lipinski definition) is 2. The van der Waals surface area contributed by atoms with E-state index < -0.39 is 27.3 Å². The number of hydrogen-bond acceptors (Lipinski definition) is 4. The Kier molecular flexibility index (Phi) is 11.8.